The summed E-state index contributed by atoms with van der Waals surface area (Å²) in [4.78, 5) is 29.9. The lowest BCUT2D eigenvalue weighted by molar-refractivity contribution is -0.125. The summed E-state index contributed by atoms with van der Waals surface area (Å²) < 4.78 is 14.8. The number of amidine groups is 1. The Bertz CT molecular complexity index is 1030. The molecule has 2 fully saturated rings. The molecule has 2 aliphatic carbocycles. The van der Waals surface area contributed by atoms with Crippen molar-refractivity contribution in [3.05, 3.63) is 29.3 Å². The van der Waals surface area contributed by atoms with E-state index in [4.69, 9.17) is 22.8 Å². The van der Waals surface area contributed by atoms with Gasteiger partial charge in [-0.1, -0.05) is 0 Å². The number of hydrazine groups is 1. The molecule has 0 saturated heterocycles. The monoisotopic (exact) mass is 473 g/mol. The van der Waals surface area contributed by atoms with Gasteiger partial charge in [0.25, 0.3) is 5.91 Å². The Labute approximate surface area is 197 Å². The molecule has 0 radical (unpaired) electrons. The Kier molecular flexibility index (Phi) is 7.50. The van der Waals surface area contributed by atoms with Crippen molar-refractivity contribution in [2.45, 2.75) is 45.6 Å². The van der Waals surface area contributed by atoms with E-state index in [2.05, 4.69) is 20.7 Å². The van der Waals surface area contributed by atoms with E-state index in [-0.39, 0.29) is 40.1 Å². The lowest BCUT2D eigenvalue weighted by Gasteiger charge is -2.28. The lowest BCUT2D eigenvalue weighted by Crippen LogP contribution is -2.55. The molecule has 12 heteroatoms. The van der Waals surface area contributed by atoms with Gasteiger partial charge in [0.2, 0.25) is 17.7 Å². The number of carbonyl (C=O) groups is 2. The van der Waals surface area contributed by atoms with Gasteiger partial charge in [-0.3, -0.25) is 14.6 Å². The zero-order chi connectivity index (χ0) is 25.2. The van der Waals surface area contributed by atoms with Crippen LogP contribution in [0.4, 0.5) is 10.2 Å². The van der Waals surface area contributed by atoms with Crippen LogP contribution in [-0.2, 0) is 9.59 Å². The highest BCUT2D eigenvalue weighted by atomic mass is 19.1. The fourth-order valence-corrected chi connectivity index (χ4v) is 4.35. The zero-order valence-electron chi connectivity index (χ0n) is 19.6. The molecule has 1 atom stereocenters. The maximum absolute atomic E-state index is 14.8. The van der Waals surface area contributed by atoms with Crippen LogP contribution in [0.3, 0.4) is 0 Å². The van der Waals surface area contributed by atoms with Crippen LogP contribution in [0.1, 0.15) is 45.1 Å². The van der Waals surface area contributed by atoms with E-state index in [0.717, 1.165) is 30.7 Å². The molecular formula is C22H32FN9O2. The second-order valence-corrected chi connectivity index (χ2v) is 8.97. The van der Waals surface area contributed by atoms with Crippen molar-refractivity contribution in [2.75, 3.05) is 12.4 Å². The average molecular weight is 474 g/mol. The van der Waals surface area contributed by atoms with Crippen molar-refractivity contribution < 1.29 is 14.0 Å². The van der Waals surface area contributed by atoms with Crippen LogP contribution in [0.15, 0.2) is 22.9 Å². The molecule has 1 aromatic heterocycles. The van der Waals surface area contributed by atoms with Gasteiger partial charge in [-0.05, 0) is 69.4 Å². The van der Waals surface area contributed by atoms with E-state index in [1.165, 1.54) is 26.1 Å². The van der Waals surface area contributed by atoms with Crippen LogP contribution in [-0.4, -0.2) is 46.4 Å². The first kappa shape index (κ1) is 25.1. The number of nitrogens with zero attached hydrogens (tertiary/aromatic N) is 3. The predicted molar refractivity (Wildman–Crippen MR) is 127 cm³/mol. The third-order valence-electron chi connectivity index (χ3n) is 6.08. The van der Waals surface area contributed by atoms with Gasteiger partial charge in [-0.25, -0.2) is 10.8 Å². The summed E-state index contributed by atoms with van der Waals surface area (Å²) in [5.41, 5.74) is 6.50. The zero-order valence-corrected chi connectivity index (χ0v) is 19.6. The highest BCUT2D eigenvalue weighted by Crippen LogP contribution is 2.50. The normalized spacial score (nSPS) is 17.6. The summed E-state index contributed by atoms with van der Waals surface area (Å²) in [7, 11) is 1.41. The summed E-state index contributed by atoms with van der Waals surface area (Å²) in [5, 5.41) is 17.6. The molecule has 184 valence electrons. The highest BCUT2D eigenvalue weighted by Gasteiger charge is 2.48. The fourth-order valence-electron chi connectivity index (χ4n) is 4.35. The number of anilines is 1. The molecular weight excluding hydrogens is 441 g/mol. The van der Waals surface area contributed by atoms with E-state index in [1.54, 1.807) is 6.92 Å². The number of rotatable bonds is 8. The Morgan fingerprint density at radius 2 is 1.82 bits per heavy atom. The number of aromatic nitrogens is 1. The van der Waals surface area contributed by atoms with Crippen molar-refractivity contribution in [3.8, 4) is 0 Å². The first-order chi connectivity index (χ1) is 16.0. The topological polar surface area (TPSA) is 189 Å². The first-order valence-electron chi connectivity index (χ1n) is 11.1. The number of nitrogens with two attached hydrogens (primary N) is 3. The molecule has 1 heterocycles. The number of likely N-dealkylation sites (N-methyl/N-ethyl adjacent to an activating group) is 1. The van der Waals surface area contributed by atoms with Gasteiger partial charge < -0.3 is 27.6 Å². The Hall–Kier alpha value is -3.54. The SMILES string of the molecule is CC(=N)/C(=C(/C)N)c1ccc(NC(=O)[C@@H](NC(=O)/C(=N/N)N(C)N)C(C2CC2)C2CC2)nc1F. The molecule has 9 N–H and O–H groups in total. The summed E-state index contributed by atoms with van der Waals surface area (Å²) in [6.45, 7) is 3.07. The number of halogens is 1. The van der Waals surface area contributed by atoms with Crippen LogP contribution < -0.4 is 28.1 Å². The minimum absolute atomic E-state index is 0.0174. The molecule has 34 heavy (non-hydrogen) atoms. The number of hydrazone groups is 1. The van der Waals surface area contributed by atoms with Crippen LogP contribution >= 0.6 is 0 Å². The van der Waals surface area contributed by atoms with Gasteiger partial charge in [-0.15, -0.1) is 0 Å². The predicted octanol–water partition coefficient (Wildman–Crippen LogP) is 0.887. The van der Waals surface area contributed by atoms with Gasteiger partial charge >= 0.3 is 0 Å². The Morgan fingerprint density at radius 3 is 2.24 bits per heavy atom. The number of nitrogens with one attached hydrogen (secondary N) is 3. The number of pyridine rings is 1. The minimum atomic E-state index is -0.890. The van der Waals surface area contributed by atoms with Crippen LogP contribution in [0, 0.1) is 29.1 Å². The van der Waals surface area contributed by atoms with Gasteiger partial charge in [0, 0.05) is 29.6 Å². The number of amides is 2. The molecule has 0 bridgehead atoms. The van der Waals surface area contributed by atoms with Crippen molar-refractivity contribution in [2.24, 2.45) is 40.3 Å². The maximum atomic E-state index is 14.8. The average Bonchev–Trinajstić information content (AvgIpc) is 3.64. The Balaban J connectivity index is 1.85. The van der Waals surface area contributed by atoms with E-state index in [1.807, 2.05) is 0 Å². The third-order valence-corrected chi connectivity index (χ3v) is 6.08. The molecule has 1 aromatic rings. The summed E-state index contributed by atoms with van der Waals surface area (Å²) in [5.74, 6) is 9.19. The molecule has 3 rings (SSSR count). The van der Waals surface area contributed by atoms with Crippen molar-refractivity contribution in [3.63, 3.8) is 0 Å². The number of carbonyl (C=O) groups excluding carboxylic acids is 2. The van der Waals surface area contributed by atoms with Crippen LogP contribution in [0.5, 0.6) is 0 Å². The van der Waals surface area contributed by atoms with E-state index >= 15 is 0 Å². The highest BCUT2D eigenvalue weighted by molar-refractivity contribution is 6.37. The Morgan fingerprint density at radius 1 is 1.24 bits per heavy atom. The summed E-state index contributed by atoms with van der Waals surface area (Å²) in [6.07, 6.45) is 3.92. The van der Waals surface area contributed by atoms with Gasteiger partial charge in [0.15, 0.2) is 0 Å². The second kappa shape index (κ2) is 10.2. The molecule has 2 aliphatic rings. The molecule has 0 aliphatic heterocycles. The molecule has 11 nitrogen and oxygen atoms in total. The fraction of sp³-hybridized carbons (Fsp3) is 0.500. The van der Waals surface area contributed by atoms with E-state index in [0.29, 0.717) is 11.8 Å². The van der Waals surface area contributed by atoms with Crippen molar-refractivity contribution >= 4 is 34.8 Å². The maximum Gasteiger partial charge on any atom is 0.290 e. The number of allylic oxidation sites excluding steroid dienone is 2. The minimum Gasteiger partial charge on any atom is -0.402 e. The van der Waals surface area contributed by atoms with Gasteiger partial charge in [0.1, 0.15) is 11.9 Å². The molecule has 0 spiro atoms. The van der Waals surface area contributed by atoms with Crippen molar-refractivity contribution in [1.82, 2.24) is 15.3 Å². The third kappa shape index (κ3) is 5.68. The lowest BCUT2D eigenvalue weighted by atomic mass is 9.88. The van der Waals surface area contributed by atoms with Crippen LogP contribution in [0.25, 0.3) is 5.57 Å². The van der Waals surface area contributed by atoms with E-state index in [9.17, 15) is 14.0 Å². The molecule has 2 saturated carbocycles. The number of hydrogen-bond acceptors (Lipinski definition) is 8. The molecule has 0 aromatic carbocycles. The first-order valence-corrected chi connectivity index (χ1v) is 11.1. The standard InChI is InChI=1S/C22H32FN9O2/c1-10(24)16(11(2)25)14-8-9-15(28-19(14)23)29-21(33)18(17(12-4-5-12)13-6-7-13)30-22(34)20(31-26)32(3)27/h8-9,12-13,17-18,24H,4-7,25-27H2,1-3H3,(H,30,34)(H,28,29,33)/b16-11+,24-10?,31-20-/t18-/m0/s1. The molecule has 2 amide bonds. The van der Waals surface area contributed by atoms with Gasteiger partial charge in [-0.2, -0.15) is 9.49 Å². The van der Waals surface area contributed by atoms with Crippen molar-refractivity contribution in [1.29, 1.82) is 5.41 Å². The largest absolute Gasteiger partial charge is 0.402 e. The van der Waals surface area contributed by atoms with Crippen LogP contribution in [0.2, 0.25) is 0 Å². The summed E-state index contributed by atoms with van der Waals surface area (Å²) >= 11 is 0. The summed E-state index contributed by atoms with van der Waals surface area (Å²) in [6, 6.07) is 1.96. The number of hydrogen-bond donors (Lipinski definition) is 6. The van der Waals surface area contributed by atoms with Gasteiger partial charge in [0.05, 0.1) is 0 Å². The quantitative estimate of drug-likeness (QED) is 0.106. The molecule has 0 unspecified atom stereocenters. The second-order valence-electron chi connectivity index (χ2n) is 8.97. The van der Waals surface area contributed by atoms with E-state index < -0.39 is 23.8 Å². The smallest absolute Gasteiger partial charge is 0.290 e.